The maximum atomic E-state index is 9.18. The number of para-hydroxylation sites is 1. The number of benzene rings is 1. The molecule has 0 amide bonds. The lowest BCUT2D eigenvalue weighted by Gasteiger charge is -2.05. The molecule has 7 nitrogen and oxygen atoms in total. The van der Waals surface area contributed by atoms with Gasteiger partial charge in [0.15, 0.2) is 5.82 Å². The molecule has 2 heterocycles. The van der Waals surface area contributed by atoms with Crippen LogP contribution in [0.2, 0.25) is 0 Å². The van der Waals surface area contributed by atoms with E-state index < -0.39 is 0 Å². The van der Waals surface area contributed by atoms with Gasteiger partial charge in [-0.15, -0.1) is 0 Å². The molecule has 0 radical (unpaired) electrons. The van der Waals surface area contributed by atoms with Crippen LogP contribution in [0.3, 0.4) is 0 Å². The van der Waals surface area contributed by atoms with Crippen LogP contribution < -0.4 is 11.5 Å². The Morgan fingerprint density at radius 2 is 2.00 bits per heavy atom. The third-order valence-corrected chi connectivity index (χ3v) is 4.02. The summed E-state index contributed by atoms with van der Waals surface area (Å²) in [6.45, 7) is 0. The van der Waals surface area contributed by atoms with Crippen molar-refractivity contribution in [3.8, 4) is 11.8 Å². The van der Waals surface area contributed by atoms with E-state index in [1.54, 1.807) is 11.0 Å². The molecule has 23 heavy (non-hydrogen) atoms. The second-order valence-electron chi connectivity index (χ2n) is 4.66. The average Bonchev–Trinajstić information content (AvgIpc) is 3.02. The molecule has 4 N–H and O–H groups in total. The van der Waals surface area contributed by atoms with Crippen LogP contribution in [0.25, 0.3) is 5.69 Å². The van der Waals surface area contributed by atoms with Gasteiger partial charge in [-0.25, -0.2) is 14.6 Å². The minimum atomic E-state index is 0.284. The molecule has 3 aromatic rings. The number of nitrogen functional groups attached to an aromatic ring is 2. The number of rotatable bonds is 4. The Labute approximate surface area is 137 Å². The summed E-state index contributed by atoms with van der Waals surface area (Å²) in [6, 6.07) is 13.2. The standard InChI is InChI=1S/C15H13N7S/c16-7-11-12(17)6-13(18)20-15(11)23-8-14-19-9-22(21-14)10-4-2-1-3-5-10/h1-6,9H,8H2,(H4,17,18,20). The summed E-state index contributed by atoms with van der Waals surface area (Å²) >= 11 is 1.33. The summed E-state index contributed by atoms with van der Waals surface area (Å²) < 4.78 is 1.70. The van der Waals surface area contributed by atoms with Gasteiger partial charge in [-0.2, -0.15) is 10.4 Å². The molecule has 0 aliphatic carbocycles. The number of hydrogen-bond donors (Lipinski definition) is 2. The first kappa shape index (κ1) is 14.9. The normalized spacial score (nSPS) is 10.4. The van der Waals surface area contributed by atoms with Gasteiger partial charge in [0, 0.05) is 6.07 Å². The van der Waals surface area contributed by atoms with Gasteiger partial charge in [-0.1, -0.05) is 30.0 Å². The fourth-order valence-electron chi connectivity index (χ4n) is 1.98. The van der Waals surface area contributed by atoms with E-state index in [1.165, 1.54) is 17.8 Å². The van der Waals surface area contributed by atoms with Crippen LogP contribution in [0.5, 0.6) is 0 Å². The lowest BCUT2D eigenvalue weighted by atomic mass is 10.2. The zero-order valence-corrected chi connectivity index (χ0v) is 12.9. The Morgan fingerprint density at radius 1 is 1.22 bits per heavy atom. The van der Waals surface area contributed by atoms with Crippen molar-refractivity contribution in [2.75, 3.05) is 11.5 Å². The molecule has 0 unspecified atom stereocenters. The predicted octanol–water partition coefficient (Wildman–Crippen LogP) is 1.99. The molecule has 0 saturated carbocycles. The van der Waals surface area contributed by atoms with Crippen molar-refractivity contribution >= 4 is 23.3 Å². The Bertz CT molecular complexity index is 867. The highest BCUT2D eigenvalue weighted by molar-refractivity contribution is 7.98. The monoisotopic (exact) mass is 323 g/mol. The summed E-state index contributed by atoms with van der Waals surface area (Å²) in [5.74, 6) is 1.38. The predicted molar refractivity (Wildman–Crippen MR) is 88.7 cm³/mol. The van der Waals surface area contributed by atoms with E-state index in [-0.39, 0.29) is 5.82 Å². The molecule has 2 aromatic heterocycles. The molecule has 0 aliphatic rings. The second-order valence-corrected chi connectivity index (χ2v) is 5.62. The maximum absolute atomic E-state index is 9.18. The lowest BCUT2D eigenvalue weighted by Crippen LogP contribution is -2.00. The first-order chi connectivity index (χ1) is 11.2. The number of nitrogens with two attached hydrogens (primary N) is 2. The third-order valence-electron chi connectivity index (χ3n) is 3.05. The molecule has 0 spiro atoms. The summed E-state index contributed by atoms with van der Waals surface area (Å²) in [5, 5.41) is 14.1. The topological polar surface area (TPSA) is 119 Å². The van der Waals surface area contributed by atoms with Crippen molar-refractivity contribution < 1.29 is 0 Å². The number of aromatic nitrogens is 4. The molecule has 0 bridgehead atoms. The molecule has 3 rings (SSSR count). The van der Waals surface area contributed by atoms with Crippen LogP contribution in [-0.4, -0.2) is 19.7 Å². The van der Waals surface area contributed by atoms with Crippen LogP contribution >= 0.6 is 11.8 Å². The minimum absolute atomic E-state index is 0.284. The molecule has 0 atom stereocenters. The average molecular weight is 323 g/mol. The number of thioether (sulfide) groups is 1. The highest BCUT2D eigenvalue weighted by atomic mass is 32.2. The molecular weight excluding hydrogens is 310 g/mol. The lowest BCUT2D eigenvalue weighted by molar-refractivity contribution is 0.859. The zero-order chi connectivity index (χ0) is 16.2. The largest absolute Gasteiger partial charge is 0.397 e. The molecule has 0 fully saturated rings. The molecule has 0 saturated heterocycles. The Hall–Kier alpha value is -3.05. The zero-order valence-electron chi connectivity index (χ0n) is 12.0. The van der Waals surface area contributed by atoms with Gasteiger partial charge < -0.3 is 11.5 Å². The maximum Gasteiger partial charge on any atom is 0.161 e. The van der Waals surface area contributed by atoms with E-state index in [0.29, 0.717) is 27.9 Å². The smallest absolute Gasteiger partial charge is 0.161 e. The summed E-state index contributed by atoms with van der Waals surface area (Å²) in [6.07, 6.45) is 1.65. The molecule has 0 aliphatic heterocycles. The quantitative estimate of drug-likeness (QED) is 0.704. The van der Waals surface area contributed by atoms with Crippen LogP contribution in [0, 0.1) is 11.3 Å². The Morgan fingerprint density at radius 3 is 2.74 bits per heavy atom. The Balaban J connectivity index is 1.78. The van der Waals surface area contributed by atoms with E-state index in [2.05, 4.69) is 15.1 Å². The van der Waals surface area contributed by atoms with Gasteiger partial charge in [-0.3, -0.25) is 0 Å². The van der Waals surface area contributed by atoms with Crippen molar-refractivity contribution in [3.05, 3.63) is 54.1 Å². The Kier molecular flexibility index (Phi) is 4.12. The van der Waals surface area contributed by atoms with Crippen LogP contribution in [-0.2, 0) is 5.75 Å². The molecular formula is C15H13N7S. The minimum Gasteiger partial charge on any atom is -0.397 e. The van der Waals surface area contributed by atoms with Crippen molar-refractivity contribution in [2.45, 2.75) is 10.8 Å². The van der Waals surface area contributed by atoms with Crippen molar-refractivity contribution in [2.24, 2.45) is 0 Å². The molecule has 114 valence electrons. The fraction of sp³-hybridized carbons (Fsp3) is 0.0667. The summed E-state index contributed by atoms with van der Waals surface area (Å²) in [4.78, 5) is 8.43. The van der Waals surface area contributed by atoms with Crippen molar-refractivity contribution in [3.63, 3.8) is 0 Å². The highest BCUT2D eigenvalue weighted by Gasteiger charge is 2.12. The number of anilines is 2. The highest BCUT2D eigenvalue weighted by Crippen LogP contribution is 2.28. The van der Waals surface area contributed by atoms with E-state index in [1.807, 2.05) is 36.4 Å². The molecule has 8 heteroatoms. The number of nitrogens with zero attached hydrogens (tertiary/aromatic N) is 5. The van der Waals surface area contributed by atoms with E-state index in [9.17, 15) is 5.26 Å². The number of hydrogen-bond acceptors (Lipinski definition) is 7. The number of pyridine rings is 1. The van der Waals surface area contributed by atoms with Gasteiger partial charge in [0.2, 0.25) is 0 Å². The van der Waals surface area contributed by atoms with E-state index >= 15 is 0 Å². The van der Waals surface area contributed by atoms with Gasteiger partial charge in [0.25, 0.3) is 0 Å². The van der Waals surface area contributed by atoms with Crippen LogP contribution in [0.4, 0.5) is 11.5 Å². The first-order valence-electron chi connectivity index (χ1n) is 6.72. The van der Waals surface area contributed by atoms with Crippen LogP contribution in [0.15, 0.2) is 47.8 Å². The van der Waals surface area contributed by atoms with E-state index in [0.717, 1.165) is 5.69 Å². The van der Waals surface area contributed by atoms with Gasteiger partial charge in [0.1, 0.15) is 28.8 Å². The van der Waals surface area contributed by atoms with Gasteiger partial charge >= 0.3 is 0 Å². The first-order valence-corrected chi connectivity index (χ1v) is 7.71. The SMILES string of the molecule is N#Cc1c(N)cc(N)nc1SCc1ncn(-c2ccccc2)n1. The summed E-state index contributed by atoms with van der Waals surface area (Å²) in [5.41, 5.74) is 13.1. The summed E-state index contributed by atoms with van der Waals surface area (Å²) in [7, 11) is 0. The van der Waals surface area contributed by atoms with Crippen molar-refractivity contribution in [1.82, 2.24) is 19.7 Å². The fourth-order valence-corrected chi connectivity index (χ4v) is 2.85. The van der Waals surface area contributed by atoms with Crippen molar-refractivity contribution in [1.29, 1.82) is 5.26 Å². The molecule has 1 aromatic carbocycles. The van der Waals surface area contributed by atoms with Gasteiger partial charge in [0.05, 0.1) is 17.1 Å². The third kappa shape index (κ3) is 3.25. The number of nitriles is 1. The van der Waals surface area contributed by atoms with E-state index in [4.69, 9.17) is 11.5 Å². The second kappa shape index (κ2) is 6.37. The van der Waals surface area contributed by atoms with Crippen LogP contribution in [0.1, 0.15) is 11.4 Å². The van der Waals surface area contributed by atoms with Gasteiger partial charge in [-0.05, 0) is 12.1 Å².